The van der Waals surface area contributed by atoms with E-state index in [0.29, 0.717) is 17.8 Å². The highest BCUT2D eigenvalue weighted by Crippen LogP contribution is 2.18. The standard InChI is InChI=1S/C10H13BrN2O2/c1-13(2-3-14)10(15)7-4-8(11)6-9(12)5-7/h4-6,14H,2-3,12H2,1H3. The third-order valence-corrected chi connectivity index (χ3v) is 2.41. The average molecular weight is 273 g/mol. The van der Waals surface area contributed by atoms with Crippen molar-refractivity contribution in [2.45, 2.75) is 0 Å². The minimum absolute atomic E-state index is 0.0499. The molecule has 0 saturated carbocycles. The lowest BCUT2D eigenvalue weighted by Gasteiger charge is -2.15. The van der Waals surface area contributed by atoms with E-state index in [1.165, 1.54) is 4.90 Å². The highest BCUT2D eigenvalue weighted by molar-refractivity contribution is 9.10. The van der Waals surface area contributed by atoms with Gasteiger partial charge in [-0.1, -0.05) is 15.9 Å². The first-order valence-corrected chi connectivity index (χ1v) is 5.26. The maximum Gasteiger partial charge on any atom is 0.253 e. The Hall–Kier alpha value is -1.07. The maximum absolute atomic E-state index is 11.8. The van der Waals surface area contributed by atoms with E-state index in [1.54, 1.807) is 25.2 Å². The summed E-state index contributed by atoms with van der Waals surface area (Å²) in [6.45, 7) is 0.261. The molecule has 0 aliphatic carbocycles. The van der Waals surface area contributed by atoms with E-state index in [9.17, 15) is 4.79 Å². The van der Waals surface area contributed by atoms with Crippen LogP contribution in [0.1, 0.15) is 10.4 Å². The molecule has 5 heteroatoms. The first-order chi connectivity index (χ1) is 7.04. The van der Waals surface area contributed by atoms with Crippen LogP contribution in [0.15, 0.2) is 22.7 Å². The Morgan fingerprint density at radius 1 is 1.53 bits per heavy atom. The van der Waals surface area contributed by atoms with E-state index in [-0.39, 0.29) is 12.5 Å². The first-order valence-electron chi connectivity index (χ1n) is 4.47. The van der Waals surface area contributed by atoms with E-state index >= 15 is 0 Å². The van der Waals surface area contributed by atoms with Crippen molar-refractivity contribution in [2.75, 3.05) is 25.9 Å². The molecule has 3 N–H and O–H groups in total. The molecule has 1 amide bonds. The lowest BCUT2D eigenvalue weighted by Crippen LogP contribution is -2.29. The second kappa shape index (κ2) is 5.14. The molecule has 1 aromatic rings. The molecule has 4 nitrogen and oxygen atoms in total. The largest absolute Gasteiger partial charge is 0.399 e. The molecule has 82 valence electrons. The molecule has 0 heterocycles. The SMILES string of the molecule is CN(CCO)C(=O)c1cc(N)cc(Br)c1. The minimum atomic E-state index is -0.156. The second-order valence-corrected chi connectivity index (χ2v) is 4.14. The van der Waals surface area contributed by atoms with Gasteiger partial charge in [-0.25, -0.2) is 0 Å². The van der Waals surface area contributed by atoms with E-state index in [4.69, 9.17) is 10.8 Å². The number of benzene rings is 1. The van der Waals surface area contributed by atoms with E-state index in [1.807, 2.05) is 0 Å². The summed E-state index contributed by atoms with van der Waals surface area (Å²) in [5, 5.41) is 8.71. The van der Waals surface area contributed by atoms with E-state index in [2.05, 4.69) is 15.9 Å². The fourth-order valence-corrected chi connectivity index (χ4v) is 1.72. The van der Waals surface area contributed by atoms with Gasteiger partial charge < -0.3 is 15.7 Å². The molecule has 0 unspecified atom stereocenters. The Bertz CT molecular complexity index is 348. The van der Waals surface area contributed by atoms with Crippen molar-refractivity contribution in [2.24, 2.45) is 0 Å². The number of halogens is 1. The summed E-state index contributed by atoms with van der Waals surface area (Å²) in [6, 6.07) is 5.04. The number of amides is 1. The Morgan fingerprint density at radius 3 is 2.73 bits per heavy atom. The zero-order valence-electron chi connectivity index (χ0n) is 8.40. The van der Waals surface area contributed by atoms with Gasteiger partial charge in [-0.3, -0.25) is 4.79 Å². The maximum atomic E-state index is 11.8. The first kappa shape index (κ1) is 12.0. The monoisotopic (exact) mass is 272 g/mol. The molecule has 0 saturated heterocycles. The predicted octanol–water partition coefficient (Wildman–Crippen LogP) is 1.10. The molecule has 1 rings (SSSR count). The van der Waals surface area contributed by atoms with Crippen LogP contribution in [0.3, 0.4) is 0 Å². The molecular weight excluding hydrogens is 260 g/mol. The normalized spacial score (nSPS) is 10.1. The number of carbonyl (C=O) groups is 1. The molecule has 0 bridgehead atoms. The van der Waals surface area contributed by atoms with Crippen molar-refractivity contribution >= 4 is 27.5 Å². The van der Waals surface area contributed by atoms with Crippen molar-refractivity contribution < 1.29 is 9.90 Å². The summed E-state index contributed by atoms with van der Waals surface area (Å²) in [6.07, 6.45) is 0. The number of likely N-dealkylation sites (N-methyl/N-ethyl adjacent to an activating group) is 1. The van der Waals surface area contributed by atoms with Gasteiger partial charge in [0, 0.05) is 29.3 Å². The van der Waals surface area contributed by atoms with Crippen LogP contribution in [-0.2, 0) is 0 Å². The number of aliphatic hydroxyl groups excluding tert-OH is 1. The molecule has 0 atom stereocenters. The molecule has 15 heavy (non-hydrogen) atoms. The van der Waals surface area contributed by atoms with E-state index < -0.39 is 0 Å². The summed E-state index contributed by atoms with van der Waals surface area (Å²) < 4.78 is 0.767. The van der Waals surface area contributed by atoms with Crippen molar-refractivity contribution in [1.82, 2.24) is 4.90 Å². The Balaban J connectivity index is 2.90. The molecule has 0 fully saturated rings. The molecule has 0 spiro atoms. The summed E-state index contributed by atoms with van der Waals surface area (Å²) in [7, 11) is 1.63. The Labute approximate surface area is 96.8 Å². The molecule has 0 radical (unpaired) electrons. The lowest BCUT2D eigenvalue weighted by molar-refractivity contribution is 0.0767. The summed E-state index contributed by atoms with van der Waals surface area (Å²) in [4.78, 5) is 13.2. The van der Waals surface area contributed by atoms with Gasteiger partial charge in [0.25, 0.3) is 5.91 Å². The number of nitrogens with zero attached hydrogens (tertiary/aromatic N) is 1. The second-order valence-electron chi connectivity index (χ2n) is 3.22. The molecular formula is C10H13BrN2O2. The van der Waals surface area contributed by atoms with Crippen LogP contribution in [-0.4, -0.2) is 36.1 Å². The quantitative estimate of drug-likeness (QED) is 0.810. The van der Waals surface area contributed by atoms with Crippen LogP contribution in [0.2, 0.25) is 0 Å². The number of hydrogen-bond donors (Lipinski definition) is 2. The van der Waals surface area contributed by atoms with Gasteiger partial charge in [-0.2, -0.15) is 0 Å². The van der Waals surface area contributed by atoms with Gasteiger partial charge in [0.2, 0.25) is 0 Å². The fraction of sp³-hybridized carbons (Fsp3) is 0.300. The zero-order chi connectivity index (χ0) is 11.4. The summed E-state index contributed by atoms with van der Waals surface area (Å²) in [5.41, 5.74) is 6.67. The Morgan fingerprint density at radius 2 is 2.20 bits per heavy atom. The van der Waals surface area contributed by atoms with Crippen LogP contribution >= 0.6 is 15.9 Å². The summed E-state index contributed by atoms with van der Waals surface area (Å²) in [5.74, 6) is -0.156. The highest BCUT2D eigenvalue weighted by Gasteiger charge is 2.11. The number of hydrogen-bond acceptors (Lipinski definition) is 3. The molecule has 1 aromatic carbocycles. The van der Waals surface area contributed by atoms with Gasteiger partial charge in [0.15, 0.2) is 0 Å². The molecule has 0 aliphatic heterocycles. The smallest absolute Gasteiger partial charge is 0.253 e. The third kappa shape index (κ3) is 3.21. The van der Waals surface area contributed by atoms with Crippen LogP contribution in [0, 0.1) is 0 Å². The number of nitrogen functional groups attached to an aromatic ring is 1. The van der Waals surface area contributed by atoms with Gasteiger partial charge in [-0.15, -0.1) is 0 Å². The summed E-state index contributed by atoms with van der Waals surface area (Å²) >= 11 is 3.27. The van der Waals surface area contributed by atoms with Crippen molar-refractivity contribution in [1.29, 1.82) is 0 Å². The topological polar surface area (TPSA) is 66.6 Å². The van der Waals surface area contributed by atoms with Gasteiger partial charge in [0.05, 0.1) is 6.61 Å². The lowest BCUT2D eigenvalue weighted by atomic mass is 10.2. The number of rotatable bonds is 3. The van der Waals surface area contributed by atoms with Gasteiger partial charge >= 0.3 is 0 Å². The van der Waals surface area contributed by atoms with Crippen LogP contribution in [0.4, 0.5) is 5.69 Å². The molecule has 0 aromatic heterocycles. The molecule has 0 aliphatic rings. The number of carbonyl (C=O) groups excluding carboxylic acids is 1. The van der Waals surface area contributed by atoms with Crippen LogP contribution in [0.5, 0.6) is 0 Å². The average Bonchev–Trinajstić information content (AvgIpc) is 2.15. The van der Waals surface area contributed by atoms with Crippen LogP contribution < -0.4 is 5.73 Å². The van der Waals surface area contributed by atoms with Crippen molar-refractivity contribution in [3.05, 3.63) is 28.2 Å². The Kier molecular flexibility index (Phi) is 4.11. The van der Waals surface area contributed by atoms with Gasteiger partial charge in [0.1, 0.15) is 0 Å². The van der Waals surface area contributed by atoms with Gasteiger partial charge in [-0.05, 0) is 18.2 Å². The van der Waals surface area contributed by atoms with Crippen molar-refractivity contribution in [3.8, 4) is 0 Å². The highest BCUT2D eigenvalue weighted by atomic mass is 79.9. The number of anilines is 1. The number of nitrogens with two attached hydrogens (primary N) is 1. The third-order valence-electron chi connectivity index (χ3n) is 1.95. The van der Waals surface area contributed by atoms with E-state index in [0.717, 1.165) is 4.47 Å². The predicted molar refractivity (Wildman–Crippen MR) is 62.6 cm³/mol. The van der Waals surface area contributed by atoms with Crippen molar-refractivity contribution in [3.63, 3.8) is 0 Å². The zero-order valence-corrected chi connectivity index (χ0v) is 9.99. The van der Waals surface area contributed by atoms with Crippen LogP contribution in [0.25, 0.3) is 0 Å². The fourth-order valence-electron chi connectivity index (χ4n) is 1.21. The minimum Gasteiger partial charge on any atom is -0.399 e. The number of aliphatic hydroxyl groups is 1.